The van der Waals surface area contributed by atoms with Crippen LogP contribution in [0.3, 0.4) is 0 Å². The Kier molecular flexibility index (Phi) is 7.57. The van der Waals surface area contributed by atoms with Gasteiger partial charge in [-0.2, -0.15) is 0 Å². The van der Waals surface area contributed by atoms with Crippen molar-refractivity contribution in [1.29, 1.82) is 0 Å². The summed E-state index contributed by atoms with van der Waals surface area (Å²) in [6.45, 7) is 4.41. The lowest BCUT2D eigenvalue weighted by molar-refractivity contribution is 0.153. The summed E-state index contributed by atoms with van der Waals surface area (Å²) >= 11 is 0. The van der Waals surface area contributed by atoms with Gasteiger partial charge in [-0.1, -0.05) is 13.3 Å². The lowest BCUT2D eigenvalue weighted by Gasteiger charge is -2.24. The molecule has 0 aromatic carbocycles. The molecule has 5 N–H and O–H groups in total. The summed E-state index contributed by atoms with van der Waals surface area (Å²) in [5.41, 5.74) is 9.10. The highest BCUT2D eigenvalue weighted by Gasteiger charge is 2.17. The van der Waals surface area contributed by atoms with Gasteiger partial charge in [0, 0.05) is 13.5 Å². The molecule has 164 valence electrons. The van der Waals surface area contributed by atoms with Crippen LogP contribution in [-0.4, -0.2) is 34.7 Å². The number of nitrogens with zero attached hydrogens (tertiary/aromatic N) is 3. The predicted molar refractivity (Wildman–Crippen MR) is 119 cm³/mol. The molecule has 0 spiro atoms. The first-order valence-electron chi connectivity index (χ1n) is 10.8. The van der Waals surface area contributed by atoms with Gasteiger partial charge < -0.3 is 25.2 Å². The maximum atomic E-state index is 6.42. The smallest absolute Gasteiger partial charge is 0.295 e. The van der Waals surface area contributed by atoms with Crippen LogP contribution < -0.4 is 21.6 Å². The number of hydrogen-bond donors (Lipinski definition) is 3. The van der Waals surface area contributed by atoms with Crippen LogP contribution in [0.4, 0.5) is 6.01 Å². The summed E-state index contributed by atoms with van der Waals surface area (Å²) in [7, 11) is 1.75. The Balaban J connectivity index is 1.72. The van der Waals surface area contributed by atoms with Crippen LogP contribution in [-0.2, 0) is 6.42 Å². The Labute approximate surface area is 178 Å². The highest BCUT2D eigenvalue weighted by atomic mass is 16.5. The minimum atomic E-state index is 0.284. The van der Waals surface area contributed by atoms with Crippen molar-refractivity contribution >= 4 is 11.7 Å². The number of anilines is 1. The molecule has 8 nitrogen and oxygen atoms in total. The summed E-state index contributed by atoms with van der Waals surface area (Å²) in [4.78, 5) is 8.92. The van der Waals surface area contributed by atoms with Crippen molar-refractivity contribution in [3.8, 4) is 5.75 Å². The SMILES string of the molecule is CCCc1cnc(NC/C(=C(/N)c2ccc(OC3CCCCC3)c(C)n2)N(C)N)o1. The minimum absolute atomic E-state index is 0.284. The fourth-order valence-corrected chi connectivity index (χ4v) is 3.65. The molecule has 0 atom stereocenters. The van der Waals surface area contributed by atoms with Gasteiger partial charge in [0.25, 0.3) is 6.01 Å². The van der Waals surface area contributed by atoms with Crippen LogP contribution in [0, 0.1) is 6.92 Å². The number of pyridine rings is 1. The molecule has 0 radical (unpaired) electrons. The number of ether oxygens (including phenoxy) is 1. The van der Waals surface area contributed by atoms with Crippen molar-refractivity contribution in [2.45, 2.75) is 64.9 Å². The molecule has 2 aromatic rings. The summed E-state index contributed by atoms with van der Waals surface area (Å²) in [5.74, 6) is 7.71. The molecule has 2 heterocycles. The zero-order valence-corrected chi connectivity index (χ0v) is 18.3. The van der Waals surface area contributed by atoms with Gasteiger partial charge in [0.2, 0.25) is 0 Å². The number of rotatable bonds is 9. The van der Waals surface area contributed by atoms with Gasteiger partial charge >= 0.3 is 0 Å². The van der Waals surface area contributed by atoms with Crippen LogP contribution in [0.2, 0.25) is 0 Å². The van der Waals surface area contributed by atoms with Gasteiger partial charge in [-0.25, -0.2) is 15.8 Å². The molecule has 1 aliphatic rings. The third-order valence-electron chi connectivity index (χ3n) is 5.35. The van der Waals surface area contributed by atoms with E-state index < -0.39 is 0 Å². The molecular weight excluding hydrogens is 380 g/mol. The topological polar surface area (TPSA) is 115 Å². The molecule has 0 amide bonds. The quantitative estimate of drug-likeness (QED) is 0.421. The first-order chi connectivity index (χ1) is 14.5. The number of hydrogen-bond acceptors (Lipinski definition) is 8. The highest BCUT2D eigenvalue weighted by molar-refractivity contribution is 5.64. The summed E-state index contributed by atoms with van der Waals surface area (Å²) in [5, 5.41) is 4.63. The Hall–Kier alpha value is -2.74. The van der Waals surface area contributed by atoms with Crippen LogP contribution in [0.15, 0.2) is 28.4 Å². The number of oxazole rings is 1. The number of aromatic nitrogens is 2. The van der Waals surface area contributed by atoms with E-state index in [1.165, 1.54) is 24.3 Å². The van der Waals surface area contributed by atoms with Crippen LogP contribution in [0.1, 0.15) is 62.6 Å². The largest absolute Gasteiger partial charge is 0.489 e. The van der Waals surface area contributed by atoms with E-state index >= 15 is 0 Å². The fraction of sp³-hybridized carbons (Fsp3) is 0.545. The molecule has 30 heavy (non-hydrogen) atoms. The molecular formula is C22H34N6O2. The first kappa shape index (κ1) is 22.0. The van der Waals surface area contributed by atoms with E-state index in [2.05, 4.69) is 22.2 Å². The van der Waals surface area contributed by atoms with Gasteiger partial charge in [-0.3, -0.25) is 0 Å². The van der Waals surface area contributed by atoms with Gasteiger partial charge in [0.15, 0.2) is 0 Å². The number of hydrazine groups is 1. The van der Waals surface area contributed by atoms with Crippen molar-refractivity contribution in [2.24, 2.45) is 11.6 Å². The zero-order valence-electron chi connectivity index (χ0n) is 18.3. The number of nitrogens with one attached hydrogen (secondary N) is 1. The number of likely N-dealkylation sites (N-methyl/N-ethyl adjacent to an activating group) is 1. The normalized spacial score (nSPS) is 15.6. The fourth-order valence-electron chi connectivity index (χ4n) is 3.65. The van der Waals surface area contributed by atoms with Gasteiger partial charge in [-0.15, -0.1) is 0 Å². The average molecular weight is 415 g/mol. The molecule has 3 rings (SSSR count). The molecule has 0 saturated heterocycles. The van der Waals surface area contributed by atoms with Crippen molar-refractivity contribution < 1.29 is 9.15 Å². The Morgan fingerprint density at radius 1 is 1.30 bits per heavy atom. The molecule has 1 aliphatic carbocycles. The monoisotopic (exact) mass is 414 g/mol. The number of nitrogens with two attached hydrogens (primary N) is 2. The van der Waals surface area contributed by atoms with Crippen molar-refractivity contribution in [3.63, 3.8) is 0 Å². The van der Waals surface area contributed by atoms with Crippen molar-refractivity contribution in [3.05, 3.63) is 41.2 Å². The molecule has 1 fully saturated rings. The summed E-state index contributed by atoms with van der Waals surface area (Å²) in [6, 6.07) is 4.28. The lowest BCUT2D eigenvalue weighted by Crippen LogP contribution is -2.32. The van der Waals surface area contributed by atoms with E-state index in [9.17, 15) is 0 Å². The van der Waals surface area contributed by atoms with E-state index in [-0.39, 0.29) is 6.10 Å². The maximum Gasteiger partial charge on any atom is 0.295 e. The predicted octanol–water partition coefficient (Wildman–Crippen LogP) is 3.59. The van der Waals surface area contributed by atoms with E-state index in [0.29, 0.717) is 29.6 Å². The Morgan fingerprint density at radius 3 is 2.73 bits per heavy atom. The lowest BCUT2D eigenvalue weighted by atomic mass is 9.98. The van der Waals surface area contributed by atoms with Crippen LogP contribution >= 0.6 is 0 Å². The van der Waals surface area contributed by atoms with Crippen LogP contribution in [0.5, 0.6) is 5.75 Å². The molecule has 1 saturated carbocycles. The second kappa shape index (κ2) is 10.3. The summed E-state index contributed by atoms with van der Waals surface area (Å²) in [6.07, 6.45) is 9.86. The Bertz CT molecular complexity index is 855. The van der Waals surface area contributed by atoms with Crippen molar-refractivity contribution in [2.75, 3.05) is 18.9 Å². The van der Waals surface area contributed by atoms with Gasteiger partial charge in [0.05, 0.1) is 41.6 Å². The first-order valence-corrected chi connectivity index (χ1v) is 10.8. The van der Waals surface area contributed by atoms with Crippen LogP contribution in [0.25, 0.3) is 5.70 Å². The minimum Gasteiger partial charge on any atom is -0.489 e. The third kappa shape index (κ3) is 5.66. The van der Waals surface area contributed by atoms with E-state index in [4.69, 9.17) is 20.7 Å². The van der Waals surface area contributed by atoms with Gasteiger partial charge in [0.1, 0.15) is 11.5 Å². The average Bonchev–Trinajstić information content (AvgIpc) is 3.18. The molecule has 2 aromatic heterocycles. The highest BCUT2D eigenvalue weighted by Crippen LogP contribution is 2.26. The third-order valence-corrected chi connectivity index (χ3v) is 5.35. The molecule has 0 unspecified atom stereocenters. The maximum absolute atomic E-state index is 6.42. The molecule has 8 heteroatoms. The zero-order chi connectivity index (χ0) is 21.5. The van der Waals surface area contributed by atoms with E-state index in [0.717, 1.165) is 42.9 Å². The molecule has 0 bridgehead atoms. The van der Waals surface area contributed by atoms with Crippen molar-refractivity contribution in [1.82, 2.24) is 15.0 Å². The van der Waals surface area contributed by atoms with E-state index in [1.54, 1.807) is 13.2 Å². The van der Waals surface area contributed by atoms with Gasteiger partial charge in [-0.05, 0) is 51.2 Å². The molecule has 0 aliphatic heterocycles. The second-order valence-corrected chi connectivity index (χ2v) is 7.86. The van der Waals surface area contributed by atoms with E-state index in [1.807, 2.05) is 19.1 Å². The Morgan fingerprint density at radius 2 is 2.07 bits per heavy atom. The number of aryl methyl sites for hydroxylation is 2. The standard InChI is InChI=1S/C22H34N6O2/c1-4-8-17-13-25-22(30-17)26-14-19(28(3)24)21(23)18-11-12-20(15(2)27-18)29-16-9-6-5-7-10-16/h11-13,16H,4-10,14,23-24H2,1-3H3,(H,25,26)/b21-19-. The second-order valence-electron chi connectivity index (χ2n) is 7.86. The summed E-state index contributed by atoms with van der Waals surface area (Å²) < 4.78 is 11.8.